The minimum Gasteiger partial charge on any atom is -0.487 e. The number of para-hydroxylation sites is 2. The molecule has 0 aliphatic carbocycles. The van der Waals surface area contributed by atoms with Crippen LogP contribution in [0, 0.1) is 0 Å². The maximum absolute atomic E-state index is 6.19. The number of halogens is 2. The molecule has 0 saturated carbocycles. The molecule has 0 radical (unpaired) electrons. The van der Waals surface area contributed by atoms with Crippen LogP contribution in [0.15, 0.2) is 54.7 Å². The lowest BCUT2D eigenvalue weighted by atomic mass is 10.1. The van der Waals surface area contributed by atoms with Crippen LogP contribution in [0.3, 0.4) is 0 Å². The number of fused-ring (bicyclic) bond motifs is 1. The molecule has 0 spiro atoms. The zero-order chi connectivity index (χ0) is 14.7. The summed E-state index contributed by atoms with van der Waals surface area (Å²) in [5, 5.41) is 1.66. The molecule has 0 aliphatic rings. The molecule has 0 saturated heterocycles. The fourth-order valence-corrected chi connectivity index (χ4v) is 2.71. The van der Waals surface area contributed by atoms with E-state index in [0.717, 1.165) is 22.0 Å². The lowest BCUT2D eigenvalue weighted by molar-refractivity contribution is 0.305. The molecule has 2 nitrogen and oxygen atoms in total. The topological polar surface area (TPSA) is 22.1 Å². The molecule has 106 valence electrons. The van der Waals surface area contributed by atoms with Gasteiger partial charge in [0.2, 0.25) is 0 Å². The number of alkyl halides is 1. The first-order valence-electron chi connectivity index (χ1n) is 6.58. The van der Waals surface area contributed by atoms with Crippen LogP contribution in [-0.4, -0.2) is 4.98 Å². The van der Waals surface area contributed by atoms with Crippen LogP contribution in [0.1, 0.15) is 11.1 Å². The normalized spacial score (nSPS) is 10.8. The van der Waals surface area contributed by atoms with Crippen molar-refractivity contribution in [1.29, 1.82) is 0 Å². The van der Waals surface area contributed by atoms with Gasteiger partial charge >= 0.3 is 0 Å². The maximum Gasteiger partial charge on any atom is 0.142 e. The zero-order valence-electron chi connectivity index (χ0n) is 11.2. The Hall–Kier alpha value is -1.77. The van der Waals surface area contributed by atoms with Crippen molar-refractivity contribution in [3.05, 3.63) is 70.9 Å². The summed E-state index contributed by atoms with van der Waals surface area (Å²) in [6.07, 6.45) is 1.78. The summed E-state index contributed by atoms with van der Waals surface area (Å²) >= 11 is 12.1. The van der Waals surface area contributed by atoms with Crippen molar-refractivity contribution >= 4 is 34.1 Å². The lowest BCUT2D eigenvalue weighted by Crippen LogP contribution is -2.00. The predicted molar refractivity (Wildman–Crippen MR) is 87.1 cm³/mol. The zero-order valence-corrected chi connectivity index (χ0v) is 12.7. The van der Waals surface area contributed by atoms with E-state index in [1.165, 1.54) is 0 Å². The van der Waals surface area contributed by atoms with E-state index in [4.69, 9.17) is 27.9 Å². The summed E-state index contributed by atoms with van der Waals surface area (Å²) in [6, 6.07) is 15.6. The molecule has 2 aromatic carbocycles. The van der Waals surface area contributed by atoms with Crippen LogP contribution in [0.5, 0.6) is 5.75 Å². The highest BCUT2D eigenvalue weighted by Crippen LogP contribution is 2.31. The fourth-order valence-electron chi connectivity index (χ4n) is 2.25. The van der Waals surface area contributed by atoms with Crippen LogP contribution >= 0.6 is 23.2 Å². The molecule has 0 unspecified atom stereocenters. The van der Waals surface area contributed by atoms with Gasteiger partial charge in [0.15, 0.2) is 0 Å². The number of hydrogen-bond acceptors (Lipinski definition) is 2. The van der Waals surface area contributed by atoms with Gasteiger partial charge in [-0.1, -0.05) is 48.0 Å². The summed E-state index contributed by atoms with van der Waals surface area (Å²) in [4.78, 5) is 4.42. The molecule has 1 aromatic heterocycles. The van der Waals surface area contributed by atoms with Crippen molar-refractivity contribution in [1.82, 2.24) is 4.98 Å². The number of benzene rings is 2. The first kappa shape index (κ1) is 14.2. The van der Waals surface area contributed by atoms with Crippen molar-refractivity contribution in [2.75, 3.05) is 0 Å². The first-order valence-corrected chi connectivity index (χ1v) is 7.49. The number of rotatable bonds is 4. The average molecular weight is 318 g/mol. The van der Waals surface area contributed by atoms with Crippen molar-refractivity contribution in [2.45, 2.75) is 12.5 Å². The van der Waals surface area contributed by atoms with Gasteiger partial charge in [-0.15, -0.1) is 11.6 Å². The maximum atomic E-state index is 6.19. The monoisotopic (exact) mass is 317 g/mol. The summed E-state index contributed by atoms with van der Waals surface area (Å²) in [5.41, 5.74) is 2.85. The lowest BCUT2D eigenvalue weighted by Gasteiger charge is -2.12. The van der Waals surface area contributed by atoms with Crippen LogP contribution in [0.2, 0.25) is 5.02 Å². The Morgan fingerprint density at radius 3 is 2.57 bits per heavy atom. The highest BCUT2D eigenvalue weighted by Gasteiger charge is 2.09. The number of ether oxygens (including phenoxy) is 1. The van der Waals surface area contributed by atoms with Gasteiger partial charge in [-0.05, 0) is 12.1 Å². The Morgan fingerprint density at radius 2 is 1.71 bits per heavy atom. The van der Waals surface area contributed by atoms with Gasteiger partial charge in [-0.2, -0.15) is 0 Å². The Bertz CT molecular complexity index is 768. The molecule has 3 aromatic rings. The molecule has 0 amide bonds. The van der Waals surface area contributed by atoms with Gasteiger partial charge in [0.05, 0.1) is 16.4 Å². The van der Waals surface area contributed by atoms with E-state index in [9.17, 15) is 0 Å². The summed E-state index contributed by atoms with van der Waals surface area (Å²) in [5.74, 6) is 1.01. The van der Waals surface area contributed by atoms with Gasteiger partial charge in [-0.3, -0.25) is 4.98 Å². The molecule has 21 heavy (non-hydrogen) atoms. The van der Waals surface area contributed by atoms with Gasteiger partial charge in [-0.25, -0.2) is 0 Å². The van der Waals surface area contributed by atoms with Crippen LogP contribution in [-0.2, 0) is 12.5 Å². The fraction of sp³-hybridized carbons (Fsp3) is 0.118. The molecule has 0 bridgehead atoms. The van der Waals surface area contributed by atoms with Crippen molar-refractivity contribution in [3.63, 3.8) is 0 Å². The summed E-state index contributed by atoms with van der Waals surface area (Å²) < 4.78 is 5.90. The Kier molecular flexibility index (Phi) is 4.28. The van der Waals surface area contributed by atoms with E-state index in [1.807, 2.05) is 42.5 Å². The second-order valence-electron chi connectivity index (χ2n) is 4.64. The SMILES string of the molecule is ClCc1cccc(Cl)c1OCc1cccc2cccnc12. The van der Waals surface area contributed by atoms with Gasteiger partial charge in [0, 0.05) is 22.7 Å². The third-order valence-corrected chi connectivity index (χ3v) is 3.87. The first-order chi connectivity index (χ1) is 10.3. The largest absolute Gasteiger partial charge is 0.487 e. The third-order valence-electron chi connectivity index (χ3n) is 3.28. The second-order valence-corrected chi connectivity index (χ2v) is 5.32. The molecular formula is C17H13Cl2NO. The number of nitrogens with zero attached hydrogens (tertiary/aromatic N) is 1. The quantitative estimate of drug-likeness (QED) is 0.616. The predicted octanol–water partition coefficient (Wildman–Crippen LogP) is 5.21. The van der Waals surface area contributed by atoms with E-state index < -0.39 is 0 Å². The van der Waals surface area contributed by atoms with Crippen LogP contribution in [0.4, 0.5) is 0 Å². The van der Waals surface area contributed by atoms with E-state index in [0.29, 0.717) is 23.3 Å². The molecule has 3 rings (SSSR count). The van der Waals surface area contributed by atoms with Crippen LogP contribution < -0.4 is 4.74 Å². The summed E-state index contributed by atoms with van der Waals surface area (Å²) in [6.45, 7) is 0.405. The van der Waals surface area contributed by atoms with Crippen molar-refractivity contribution < 1.29 is 4.74 Å². The van der Waals surface area contributed by atoms with Gasteiger partial charge in [0.1, 0.15) is 12.4 Å². The summed E-state index contributed by atoms with van der Waals surface area (Å²) in [7, 11) is 0. The average Bonchev–Trinajstić information content (AvgIpc) is 2.53. The highest BCUT2D eigenvalue weighted by molar-refractivity contribution is 6.32. The standard InChI is InChI=1S/C17H13Cl2NO/c18-10-13-5-2-8-15(19)17(13)21-11-14-6-1-4-12-7-3-9-20-16(12)14/h1-9H,10-11H2. The van der Waals surface area contributed by atoms with E-state index in [-0.39, 0.29) is 0 Å². The highest BCUT2D eigenvalue weighted by atomic mass is 35.5. The second kappa shape index (κ2) is 6.33. The Labute approximate surface area is 133 Å². The number of aromatic nitrogens is 1. The van der Waals surface area contributed by atoms with E-state index >= 15 is 0 Å². The number of pyridine rings is 1. The molecule has 0 aliphatic heterocycles. The smallest absolute Gasteiger partial charge is 0.142 e. The molecular weight excluding hydrogens is 305 g/mol. The van der Waals surface area contributed by atoms with Crippen LogP contribution in [0.25, 0.3) is 10.9 Å². The Balaban J connectivity index is 1.91. The third kappa shape index (κ3) is 2.97. The minimum absolute atomic E-state index is 0.365. The Morgan fingerprint density at radius 1 is 0.952 bits per heavy atom. The minimum atomic E-state index is 0.365. The van der Waals surface area contributed by atoms with Crippen molar-refractivity contribution in [2.24, 2.45) is 0 Å². The van der Waals surface area contributed by atoms with E-state index in [1.54, 1.807) is 12.3 Å². The molecule has 0 atom stereocenters. The number of hydrogen-bond donors (Lipinski definition) is 0. The van der Waals surface area contributed by atoms with Gasteiger partial charge in [0.25, 0.3) is 0 Å². The van der Waals surface area contributed by atoms with E-state index in [2.05, 4.69) is 4.98 Å². The molecule has 1 heterocycles. The molecule has 0 fully saturated rings. The molecule has 4 heteroatoms. The van der Waals surface area contributed by atoms with Gasteiger partial charge < -0.3 is 4.74 Å². The molecule has 0 N–H and O–H groups in total. The van der Waals surface area contributed by atoms with Crippen molar-refractivity contribution in [3.8, 4) is 5.75 Å².